The van der Waals surface area contributed by atoms with Gasteiger partial charge in [-0.3, -0.25) is 10.1 Å². The van der Waals surface area contributed by atoms with Gasteiger partial charge in [0.1, 0.15) is 12.8 Å². The van der Waals surface area contributed by atoms with Crippen LogP contribution in [0.4, 0.5) is 10.5 Å². The highest BCUT2D eigenvalue weighted by atomic mass is 16.5. The molecular weight excluding hydrogens is 208 g/mol. The van der Waals surface area contributed by atoms with Gasteiger partial charge in [-0.05, 0) is 19.1 Å². The third-order valence-electron chi connectivity index (χ3n) is 2.08. The smallest absolute Gasteiger partial charge is 0.301 e. The van der Waals surface area contributed by atoms with Crippen LogP contribution in [0, 0.1) is 0 Å². The van der Waals surface area contributed by atoms with Gasteiger partial charge in [-0.25, -0.2) is 4.79 Å². The van der Waals surface area contributed by atoms with Gasteiger partial charge in [0.15, 0.2) is 0 Å². The molecule has 0 aliphatic carbocycles. The first-order valence-corrected chi connectivity index (χ1v) is 4.97. The van der Waals surface area contributed by atoms with E-state index in [9.17, 15) is 14.8 Å². The molecule has 86 valence electrons. The van der Waals surface area contributed by atoms with Crippen LogP contribution in [0.3, 0.4) is 0 Å². The van der Waals surface area contributed by atoms with E-state index < -0.39 is 6.03 Å². The Bertz CT molecular complexity index is 354. The number of rotatable bonds is 4. The van der Waals surface area contributed by atoms with Crippen molar-refractivity contribution in [1.29, 1.82) is 0 Å². The molecule has 5 nitrogen and oxygen atoms in total. The van der Waals surface area contributed by atoms with Crippen molar-refractivity contribution in [2.45, 2.75) is 6.92 Å². The molecule has 0 radical (unpaired) electrons. The fourth-order valence-corrected chi connectivity index (χ4v) is 1.32. The van der Waals surface area contributed by atoms with Crippen molar-refractivity contribution in [1.82, 2.24) is 5.06 Å². The predicted molar refractivity (Wildman–Crippen MR) is 59.4 cm³/mol. The van der Waals surface area contributed by atoms with Crippen molar-refractivity contribution >= 4 is 18.0 Å². The summed E-state index contributed by atoms with van der Waals surface area (Å²) in [6.07, 6.45) is 0.469. The Morgan fingerprint density at radius 2 is 2.00 bits per heavy atom. The fraction of sp³-hybridized carbons (Fsp3) is 0.273. The molecule has 5 heteroatoms. The van der Waals surface area contributed by atoms with Crippen molar-refractivity contribution in [2.24, 2.45) is 0 Å². The monoisotopic (exact) mass is 222 g/mol. The SMILES string of the molecule is CCN(C(=O)N(O)CC=O)c1ccccc1. The van der Waals surface area contributed by atoms with Gasteiger partial charge < -0.3 is 4.79 Å². The standard InChI is InChI=1S/C11H14N2O3/c1-2-12(10-6-4-3-5-7-10)11(15)13(16)8-9-14/h3-7,9,16H,2,8H2,1H3. The number of aldehydes is 1. The second-order valence-corrected chi connectivity index (χ2v) is 3.11. The quantitative estimate of drug-likeness (QED) is 0.477. The van der Waals surface area contributed by atoms with Gasteiger partial charge in [-0.1, -0.05) is 18.2 Å². The summed E-state index contributed by atoms with van der Waals surface area (Å²) in [5.41, 5.74) is 0.681. The summed E-state index contributed by atoms with van der Waals surface area (Å²) in [6, 6.07) is 8.34. The zero-order valence-electron chi connectivity index (χ0n) is 9.04. The Morgan fingerprint density at radius 3 is 2.50 bits per heavy atom. The van der Waals surface area contributed by atoms with Gasteiger partial charge in [0.2, 0.25) is 0 Å². The summed E-state index contributed by atoms with van der Waals surface area (Å²) in [5, 5.41) is 9.68. The molecule has 1 rings (SSSR count). The van der Waals surface area contributed by atoms with Crippen LogP contribution in [-0.4, -0.2) is 35.7 Å². The summed E-state index contributed by atoms with van der Waals surface area (Å²) >= 11 is 0. The number of para-hydroxylation sites is 1. The lowest BCUT2D eigenvalue weighted by Crippen LogP contribution is -2.42. The van der Waals surface area contributed by atoms with Crippen LogP contribution in [0.15, 0.2) is 30.3 Å². The van der Waals surface area contributed by atoms with Crippen LogP contribution in [0.2, 0.25) is 0 Å². The molecule has 0 aliphatic rings. The number of hydroxylamine groups is 2. The minimum Gasteiger partial charge on any atom is -0.301 e. The van der Waals surface area contributed by atoms with Crippen LogP contribution in [-0.2, 0) is 4.79 Å². The third-order valence-corrected chi connectivity index (χ3v) is 2.08. The number of carbonyl (C=O) groups excluding carboxylic acids is 2. The Labute approximate surface area is 93.8 Å². The van der Waals surface area contributed by atoms with Crippen molar-refractivity contribution in [3.8, 4) is 0 Å². The summed E-state index contributed by atoms with van der Waals surface area (Å²) in [7, 11) is 0. The molecule has 0 saturated heterocycles. The molecule has 0 aliphatic heterocycles. The van der Waals surface area contributed by atoms with E-state index in [0.29, 0.717) is 23.6 Å². The normalized spacial score (nSPS) is 9.62. The largest absolute Gasteiger partial charge is 0.348 e. The van der Waals surface area contributed by atoms with Crippen molar-refractivity contribution in [3.05, 3.63) is 30.3 Å². The van der Waals surface area contributed by atoms with Crippen LogP contribution in [0.5, 0.6) is 0 Å². The maximum absolute atomic E-state index is 11.7. The molecule has 1 aromatic carbocycles. The van der Waals surface area contributed by atoms with Gasteiger partial charge in [0, 0.05) is 12.2 Å². The van der Waals surface area contributed by atoms with Crippen LogP contribution >= 0.6 is 0 Å². The van der Waals surface area contributed by atoms with E-state index in [-0.39, 0.29) is 6.54 Å². The lowest BCUT2D eigenvalue weighted by Gasteiger charge is -2.24. The highest BCUT2D eigenvalue weighted by Gasteiger charge is 2.18. The van der Waals surface area contributed by atoms with Crippen LogP contribution < -0.4 is 4.90 Å². The molecule has 0 unspecified atom stereocenters. The number of anilines is 1. The Balaban J connectivity index is 2.82. The van der Waals surface area contributed by atoms with Crippen LogP contribution in [0.25, 0.3) is 0 Å². The second kappa shape index (κ2) is 5.87. The van der Waals surface area contributed by atoms with Gasteiger partial charge >= 0.3 is 6.03 Å². The van der Waals surface area contributed by atoms with E-state index in [1.807, 2.05) is 6.07 Å². The fourth-order valence-electron chi connectivity index (χ4n) is 1.32. The van der Waals surface area contributed by atoms with E-state index in [2.05, 4.69) is 0 Å². The minimum absolute atomic E-state index is 0.331. The molecule has 0 fully saturated rings. The van der Waals surface area contributed by atoms with E-state index in [1.165, 1.54) is 4.90 Å². The maximum Gasteiger partial charge on any atom is 0.348 e. The lowest BCUT2D eigenvalue weighted by molar-refractivity contribution is -0.115. The summed E-state index contributed by atoms with van der Waals surface area (Å²) in [6.45, 7) is 1.88. The number of benzene rings is 1. The highest BCUT2D eigenvalue weighted by molar-refractivity contribution is 5.92. The van der Waals surface area contributed by atoms with Crippen molar-refractivity contribution < 1.29 is 14.8 Å². The van der Waals surface area contributed by atoms with Gasteiger partial charge in [0.25, 0.3) is 0 Å². The number of amides is 2. The molecular formula is C11H14N2O3. The highest BCUT2D eigenvalue weighted by Crippen LogP contribution is 2.14. The maximum atomic E-state index is 11.7. The molecule has 1 aromatic rings. The van der Waals surface area contributed by atoms with Gasteiger partial charge in [0.05, 0.1) is 0 Å². The second-order valence-electron chi connectivity index (χ2n) is 3.11. The molecule has 0 spiro atoms. The number of nitrogens with zero attached hydrogens (tertiary/aromatic N) is 2. The van der Waals surface area contributed by atoms with E-state index in [1.54, 1.807) is 31.2 Å². The molecule has 0 atom stereocenters. The number of urea groups is 1. The first-order chi connectivity index (χ1) is 7.70. The van der Waals surface area contributed by atoms with E-state index in [4.69, 9.17) is 0 Å². The van der Waals surface area contributed by atoms with Gasteiger partial charge in [-0.15, -0.1) is 0 Å². The number of carbonyl (C=O) groups is 2. The topological polar surface area (TPSA) is 60.9 Å². The Hall–Kier alpha value is -1.88. The average molecular weight is 222 g/mol. The Kier molecular flexibility index (Phi) is 4.47. The first kappa shape index (κ1) is 12.2. The molecule has 0 heterocycles. The molecule has 0 saturated carbocycles. The van der Waals surface area contributed by atoms with E-state index >= 15 is 0 Å². The predicted octanol–water partition coefficient (Wildman–Crippen LogP) is 1.52. The van der Waals surface area contributed by atoms with Gasteiger partial charge in [-0.2, -0.15) is 5.06 Å². The summed E-state index contributed by atoms with van der Waals surface area (Å²) in [4.78, 5) is 23.3. The van der Waals surface area contributed by atoms with Crippen LogP contribution in [0.1, 0.15) is 6.92 Å². The van der Waals surface area contributed by atoms with Crippen molar-refractivity contribution in [2.75, 3.05) is 18.0 Å². The zero-order chi connectivity index (χ0) is 12.0. The molecule has 0 aromatic heterocycles. The molecule has 0 bridgehead atoms. The summed E-state index contributed by atoms with van der Waals surface area (Å²) in [5.74, 6) is 0. The lowest BCUT2D eigenvalue weighted by atomic mass is 10.3. The molecule has 2 amide bonds. The summed E-state index contributed by atoms with van der Waals surface area (Å²) < 4.78 is 0. The minimum atomic E-state index is -0.610. The van der Waals surface area contributed by atoms with E-state index in [0.717, 1.165) is 0 Å². The van der Waals surface area contributed by atoms with Crippen molar-refractivity contribution in [3.63, 3.8) is 0 Å². The third kappa shape index (κ3) is 2.80. The first-order valence-electron chi connectivity index (χ1n) is 4.97. The zero-order valence-corrected chi connectivity index (χ0v) is 9.04. The average Bonchev–Trinajstić information content (AvgIpc) is 2.31. The molecule has 1 N–H and O–H groups in total. The Morgan fingerprint density at radius 1 is 1.38 bits per heavy atom. The number of hydrogen-bond acceptors (Lipinski definition) is 3. The molecule has 16 heavy (non-hydrogen) atoms. The number of hydrogen-bond donors (Lipinski definition) is 1.